The van der Waals surface area contributed by atoms with E-state index in [2.05, 4.69) is 5.32 Å². The van der Waals surface area contributed by atoms with Crippen molar-refractivity contribution in [2.24, 2.45) is 0 Å². The Hall–Kier alpha value is -1.78. The highest BCUT2D eigenvalue weighted by atomic mass is 35.5. The summed E-state index contributed by atoms with van der Waals surface area (Å²) in [4.78, 5) is 10.4. The summed E-state index contributed by atoms with van der Waals surface area (Å²) in [6.45, 7) is 0. The van der Waals surface area contributed by atoms with Crippen LogP contribution in [-0.4, -0.2) is 4.92 Å². The Bertz CT molecular complexity index is 602. The second-order valence-electron chi connectivity index (χ2n) is 3.52. The average molecular weight is 283 g/mol. The molecule has 4 nitrogen and oxygen atoms in total. The molecule has 2 aromatic rings. The molecule has 0 spiro atoms. The first kappa shape index (κ1) is 12.7. The minimum absolute atomic E-state index is 0.0562. The van der Waals surface area contributed by atoms with Crippen LogP contribution in [0.25, 0.3) is 0 Å². The Morgan fingerprint density at radius 3 is 2.44 bits per heavy atom. The summed E-state index contributed by atoms with van der Waals surface area (Å²) < 4.78 is 0. The second-order valence-corrected chi connectivity index (χ2v) is 4.37. The van der Waals surface area contributed by atoms with E-state index in [0.29, 0.717) is 21.4 Å². The van der Waals surface area contributed by atoms with E-state index >= 15 is 0 Å². The van der Waals surface area contributed by atoms with Crippen molar-refractivity contribution in [1.29, 1.82) is 0 Å². The molecule has 6 heteroatoms. The third kappa shape index (κ3) is 2.72. The van der Waals surface area contributed by atoms with Crippen LogP contribution < -0.4 is 5.32 Å². The molecule has 0 aliphatic rings. The van der Waals surface area contributed by atoms with Gasteiger partial charge in [-0.25, -0.2) is 0 Å². The number of nitro groups is 1. The van der Waals surface area contributed by atoms with Crippen LogP contribution in [0.2, 0.25) is 10.0 Å². The largest absolute Gasteiger partial charge is 0.349 e. The fourth-order valence-electron chi connectivity index (χ4n) is 1.48. The monoisotopic (exact) mass is 282 g/mol. The summed E-state index contributed by atoms with van der Waals surface area (Å²) in [6.07, 6.45) is 0. The first-order chi connectivity index (χ1) is 8.58. The van der Waals surface area contributed by atoms with Gasteiger partial charge >= 0.3 is 0 Å². The topological polar surface area (TPSA) is 55.2 Å². The van der Waals surface area contributed by atoms with Gasteiger partial charge in [-0.2, -0.15) is 0 Å². The van der Waals surface area contributed by atoms with Crippen molar-refractivity contribution >= 4 is 40.3 Å². The molecule has 0 unspecified atom stereocenters. The summed E-state index contributed by atoms with van der Waals surface area (Å²) >= 11 is 11.8. The third-order valence-electron chi connectivity index (χ3n) is 2.30. The molecule has 0 amide bonds. The fourth-order valence-corrected chi connectivity index (χ4v) is 1.83. The highest BCUT2D eigenvalue weighted by Gasteiger charge is 2.14. The Kier molecular flexibility index (Phi) is 3.69. The van der Waals surface area contributed by atoms with Crippen LogP contribution in [0.3, 0.4) is 0 Å². The minimum Gasteiger partial charge on any atom is -0.349 e. The molecule has 0 atom stereocenters. The van der Waals surface area contributed by atoms with Crippen LogP contribution in [0, 0.1) is 10.1 Å². The molecular weight excluding hydrogens is 275 g/mol. The zero-order valence-electron chi connectivity index (χ0n) is 9.06. The summed E-state index contributed by atoms with van der Waals surface area (Å²) in [5.41, 5.74) is 0.837. The zero-order chi connectivity index (χ0) is 13.1. The van der Waals surface area contributed by atoms with Crippen LogP contribution in [-0.2, 0) is 0 Å². The number of benzene rings is 2. The normalized spacial score (nSPS) is 10.1. The van der Waals surface area contributed by atoms with Gasteiger partial charge in [0.15, 0.2) is 0 Å². The van der Waals surface area contributed by atoms with E-state index in [1.807, 2.05) is 0 Å². The molecule has 0 fully saturated rings. The number of nitro benzene ring substituents is 1. The van der Waals surface area contributed by atoms with Gasteiger partial charge in [0.2, 0.25) is 0 Å². The Morgan fingerprint density at radius 2 is 1.78 bits per heavy atom. The summed E-state index contributed by atoms with van der Waals surface area (Å²) in [5, 5.41) is 14.7. The van der Waals surface area contributed by atoms with Crippen molar-refractivity contribution in [2.75, 3.05) is 5.32 Å². The van der Waals surface area contributed by atoms with E-state index < -0.39 is 4.92 Å². The van der Waals surface area contributed by atoms with Gasteiger partial charge in [0.1, 0.15) is 5.69 Å². The van der Waals surface area contributed by atoms with Crippen molar-refractivity contribution in [3.8, 4) is 0 Å². The molecule has 0 aromatic heterocycles. The Labute approximate surface area is 113 Å². The highest BCUT2D eigenvalue weighted by Crippen LogP contribution is 2.32. The van der Waals surface area contributed by atoms with Crippen LogP contribution in [0.5, 0.6) is 0 Å². The second kappa shape index (κ2) is 5.25. The number of nitrogens with zero attached hydrogens (tertiary/aromatic N) is 1. The highest BCUT2D eigenvalue weighted by molar-refractivity contribution is 6.33. The number of halogens is 2. The fraction of sp³-hybridized carbons (Fsp3) is 0. The van der Waals surface area contributed by atoms with Crippen LogP contribution >= 0.6 is 23.2 Å². The maximum atomic E-state index is 10.9. The van der Waals surface area contributed by atoms with Gasteiger partial charge < -0.3 is 5.32 Å². The number of anilines is 2. The van der Waals surface area contributed by atoms with Gasteiger partial charge in [-0.05, 0) is 24.3 Å². The lowest BCUT2D eigenvalue weighted by atomic mass is 10.2. The number of rotatable bonds is 3. The van der Waals surface area contributed by atoms with Crippen molar-refractivity contribution < 1.29 is 4.92 Å². The van der Waals surface area contributed by atoms with Crippen LogP contribution in [0.1, 0.15) is 0 Å². The molecule has 2 rings (SSSR count). The van der Waals surface area contributed by atoms with Gasteiger partial charge in [0.05, 0.1) is 15.6 Å². The first-order valence-corrected chi connectivity index (χ1v) is 5.79. The number of hydrogen-bond acceptors (Lipinski definition) is 3. The van der Waals surface area contributed by atoms with E-state index in [1.165, 1.54) is 18.2 Å². The van der Waals surface area contributed by atoms with Crippen molar-refractivity contribution in [3.63, 3.8) is 0 Å². The van der Waals surface area contributed by atoms with Gasteiger partial charge in [0.25, 0.3) is 5.69 Å². The quantitative estimate of drug-likeness (QED) is 0.659. The van der Waals surface area contributed by atoms with E-state index in [4.69, 9.17) is 23.2 Å². The van der Waals surface area contributed by atoms with Crippen molar-refractivity contribution in [2.45, 2.75) is 0 Å². The lowest BCUT2D eigenvalue weighted by Crippen LogP contribution is -1.97. The van der Waals surface area contributed by atoms with Crippen LogP contribution in [0.15, 0.2) is 42.5 Å². The molecule has 18 heavy (non-hydrogen) atoms. The molecule has 0 saturated heterocycles. The van der Waals surface area contributed by atoms with Gasteiger partial charge in [0, 0.05) is 11.1 Å². The number of nitrogens with one attached hydrogen (secondary N) is 1. The van der Waals surface area contributed by atoms with E-state index in [9.17, 15) is 10.1 Å². The lowest BCUT2D eigenvalue weighted by Gasteiger charge is -2.08. The molecule has 1 N–H and O–H groups in total. The molecule has 0 aliphatic heterocycles. The molecular formula is C12H8Cl2N2O2. The van der Waals surface area contributed by atoms with E-state index in [0.717, 1.165) is 0 Å². The maximum Gasteiger partial charge on any atom is 0.292 e. The van der Waals surface area contributed by atoms with E-state index in [1.54, 1.807) is 24.3 Å². The Balaban J connectivity index is 2.42. The predicted octanol–water partition coefficient (Wildman–Crippen LogP) is 4.65. The smallest absolute Gasteiger partial charge is 0.292 e. The molecule has 0 aliphatic carbocycles. The molecule has 0 saturated carbocycles. The molecule has 2 aromatic carbocycles. The van der Waals surface area contributed by atoms with E-state index in [-0.39, 0.29) is 5.69 Å². The lowest BCUT2D eigenvalue weighted by molar-refractivity contribution is -0.383. The predicted molar refractivity (Wildman–Crippen MR) is 72.8 cm³/mol. The SMILES string of the molecule is O=[N+]([O-])c1ccc(Cl)cc1Nc1ccccc1Cl. The van der Waals surface area contributed by atoms with Gasteiger partial charge in [-0.1, -0.05) is 35.3 Å². The molecule has 92 valence electrons. The van der Waals surface area contributed by atoms with Gasteiger partial charge in [-0.3, -0.25) is 10.1 Å². The zero-order valence-corrected chi connectivity index (χ0v) is 10.6. The standard InChI is InChI=1S/C12H8Cl2N2O2/c13-8-5-6-12(16(17)18)11(7-8)15-10-4-2-1-3-9(10)14/h1-7,15H. The number of para-hydroxylation sites is 1. The number of hydrogen-bond donors (Lipinski definition) is 1. The first-order valence-electron chi connectivity index (χ1n) is 5.03. The maximum absolute atomic E-state index is 10.9. The molecule has 0 heterocycles. The molecule has 0 radical (unpaired) electrons. The average Bonchev–Trinajstić information content (AvgIpc) is 2.32. The van der Waals surface area contributed by atoms with Crippen molar-refractivity contribution in [3.05, 3.63) is 62.6 Å². The van der Waals surface area contributed by atoms with Crippen LogP contribution in [0.4, 0.5) is 17.1 Å². The summed E-state index contributed by atoms with van der Waals surface area (Å²) in [6, 6.07) is 11.3. The van der Waals surface area contributed by atoms with Crippen molar-refractivity contribution in [1.82, 2.24) is 0 Å². The third-order valence-corrected chi connectivity index (χ3v) is 2.86. The summed E-state index contributed by atoms with van der Waals surface area (Å²) in [7, 11) is 0. The van der Waals surface area contributed by atoms with Gasteiger partial charge in [-0.15, -0.1) is 0 Å². The Morgan fingerprint density at radius 1 is 1.06 bits per heavy atom. The summed E-state index contributed by atoms with van der Waals surface area (Å²) in [5.74, 6) is 0. The molecule has 0 bridgehead atoms. The minimum atomic E-state index is -0.477.